The van der Waals surface area contributed by atoms with Gasteiger partial charge in [0.15, 0.2) is 12.6 Å². The zero-order chi connectivity index (χ0) is 73.1. The van der Waals surface area contributed by atoms with E-state index in [0.29, 0.717) is 44.4 Å². The van der Waals surface area contributed by atoms with Crippen LogP contribution in [0.5, 0.6) is 0 Å². The van der Waals surface area contributed by atoms with Crippen LogP contribution in [0.1, 0.15) is 311 Å². The van der Waals surface area contributed by atoms with E-state index in [1.165, 1.54) is 32.8 Å². The molecule has 2 aliphatic heterocycles. The topological polar surface area (TPSA) is 348 Å². The Hall–Kier alpha value is -2.61. The first-order chi connectivity index (χ1) is 47.5. The number of hydrogen-bond donors (Lipinski definition) is 8. The number of ketones is 2. The van der Waals surface area contributed by atoms with Crippen molar-refractivity contribution in [2.24, 2.45) is 5.92 Å². The standard InChI is InChI=1S/C73H136N2O22P2/c1-8-13-18-22-24-26-28-32-37-44-58(77)52-63(79)74-66-70(90-50-48-57(76)43-36-30-20-15-10-3)68(82)61(94-73(66)97-99(86,87)88)55-92-72-67(75-64(80)53-59(78)45-38-33-29-27-25-23-19-14-9-2)71(69(96-98(83,84)85)62(95-72)54-89-7)91-51-49-60(46-39-31-21-16-11-4)93-65(81)47-40-34-35-42-56(6)41-17-12-5/h35,42,56-57,60-62,66-73,76,82H,8-34,36-41,43-55H2,1-7H3,(H,74,79)(H,75,80)(H2,83,84,85)(H2,86,87,88)/t56?,57-,60-,61-,62-,66-,67-,68-,69-,70-,71-,72-,73-/m1/s1. The Bertz CT molecular complexity index is 2240. The van der Waals surface area contributed by atoms with Gasteiger partial charge in [0.2, 0.25) is 11.8 Å². The van der Waals surface area contributed by atoms with E-state index in [9.17, 15) is 62.9 Å². The van der Waals surface area contributed by atoms with Crippen LogP contribution in [0.3, 0.4) is 0 Å². The van der Waals surface area contributed by atoms with Crippen molar-refractivity contribution in [1.82, 2.24) is 10.6 Å². The molecule has 2 aliphatic rings. The number of esters is 1. The van der Waals surface area contributed by atoms with Crippen LogP contribution >= 0.6 is 15.6 Å². The molecule has 0 spiro atoms. The van der Waals surface area contributed by atoms with E-state index in [1.54, 1.807) is 0 Å². The monoisotopic (exact) mass is 1450 g/mol. The van der Waals surface area contributed by atoms with Crippen LogP contribution in [-0.2, 0) is 75.3 Å². The van der Waals surface area contributed by atoms with Gasteiger partial charge in [-0.3, -0.25) is 33.0 Å². The lowest BCUT2D eigenvalue weighted by Crippen LogP contribution is -2.67. The molecule has 2 saturated heterocycles. The quantitative estimate of drug-likeness (QED) is 0.00922. The minimum atomic E-state index is -5.51. The van der Waals surface area contributed by atoms with Crippen molar-refractivity contribution in [2.45, 2.75) is 385 Å². The zero-order valence-corrected chi connectivity index (χ0v) is 63.6. The Balaban J connectivity index is 2.64. The van der Waals surface area contributed by atoms with Gasteiger partial charge in [-0.2, -0.15) is 0 Å². The van der Waals surface area contributed by atoms with Gasteiger partial charge >= 0.3 is 21.6 Å². The summed E-state index contributed by atoms with van der Waals surface area (Å²) in [5.41, 5.74) is 0. The highest BCUT2D eigenvalue weighted by Gasteiger charge is 2.53. The van der Waals surface area contributed by atoms with Crippen molar-refractivity contribution in [3.8, 4) is 0 Å². The smallest absolute Gasteiger partial charge is 0.462 e. The molecule has 0 saturated carbocycles. The third-order valence-electron chi connectivity index (χ3n) is 18.4. The van der Waals surface area contributed by atoms with Crippen LogP contribution < -0.4 is 10.6 Å². The van der Waals surface area contributed by atoms with Gasteiger partial charge in [0, 0.05) is 39.4 Å². The maximum Gasteiger partial charge on any atom is 0.472 e. The van der Waals surface area contributed by atoms with E-state index in [0.717, 1.165) is 161 Å². The van der Waals surface area contributed by atoms with Gasteiger partial charge in [0.05, 0.1) is 38.8 Å². The molecule has 13 atom stereocenters. The second-order valence-corrected chi connectivity index (χ2v) is 30.0. The normalized spacial score (nSPS) is 22.3. The number of carbonyl (C=O) groups excluding carboxylic acids is 5. The molecule has 2 amide bonds. The van der Waals surface area contributed by atoms with Crippen molar-refractivity contribution < 1.29 is 105 Å². The van der Waals surface area contributed by atoms with Crippen LogP contribution in [0.4, 0.5) is 0 Å². The van der Waals surface area contributed by atoms with Crippen LogP contribution in [0.25, 0.3) is 0 Å². The van der Waals surface area contributed by atoms with E-state index < -0.39 is 133 Å². The molecule has 99 heavy (non-hydrogen) atoms. The fraction of sp³-hybridized carbons (Fsp3) is 0.904. The number of nitrogens with one attached hydrogen (secondary N) is 2. The second-order valence-electron chi connectivity index (χ2n) is 27.7. The van der Waals surface area contributed by atoms with Crippen LogP contribution in [0, 0.1) is 5.92 Å². The molecule has 2 heterocycles. The van der Waals surface area contributed by atoms with Crippen LogP contribution in [0.2, 0.25) is 0 Å². The molecule has 24 nitrogen and oxygen atoms in total. The number of unbranched alkanes of at least 4 members (excludes halogenated alkanes) is 26. The highest BCUT2D eigenvalue weighted by Crippen LogP contribution is 2.44. The van der Waals surface area contributed by atoms with Gasteiger partial charge in [-0.25, -0.2) is 9.13 Å². The Kier molecular flexibility index (Phi) is 53.0. The number of phosphoric ester groups is 2. The minimum Gasteiger partial charge on any atom is -0.462 e. The van der Waals surface area contributed by atoms with Gasteiger partial charge in [-0.05, 0) is 63.7 Å². The number of amides is 2. The molecule has 1 unspecified atom stereocenters. The van der Waals surface area contributed by atoms with Crippen molar-refractivity contribution in [3.05, 3.63) is 12.2 Å². The lowest BCUT2D eigenvalue weighted by molar-refractivity contribution is -0.301. The third-order valence-corrected chi connectivity index (χ3v) is 19.4. The lowest BCUT2D eigenvalue weighted by atomic mass is 9.95. The predicted octanol–water partition coefficient (Wildman–Crippen LogP) is 13.9. The Labute approximate surface area is 594 Å². The van der Waals surface area contributed by atoms with E-state index in [1.807, 2.05) is 0 Å². The number of phosphoric acid groups is 2. The number of ether oxygens (including phenoxy) is 7. The zero-order valence-electron chi connectivity index (χ0n) is 61.8. The Morgan fingerprint density at radius 3 is 1.44 bits per heavy atom. The van der Waals surface area contributed by atoms with Crippen molar-refractivity contribution in [2.75, 3.05) is 33.5 Å². The molecular formula is C73H136N2O22P2. The van der Waals surface area contributed by atoms with E-state index in [-0.39, 0.29) is 56.9 Å². The lowest BCUT2D eigenvalue weighted by Gasteiger charge is -2.47. The van der Waals surface area contributed by atoms with E-state index in [2.05, 4.69) is 64.3 Å². The summed E-state index contributed by atoms with van der Waals surface area (Å²) in [6, 6.07) is -3.26. The molecular weight excluding hydrogens is 1320 g/mol. The summed E-state index contributed by atoms with van der Waals surface area (Å²) in [6.45, 7) is 11.2. The SMILES string of the molecule is CCCCCCCCCCCC(=O)CC(=O)N[C@H]1[C@H](OC[C@H]2O[C@H](OP(=O)(O)O)[C@H](NC(=O)CC(=O)CCCCCCCCCCC)[C@@H](OCC[C@H](O)CCCCCCC)[C@@H]2O)O[C@H](COC)[C@@H](OP(=O)(O)O)[C@@H]1OCC[C@@H](CCCCCCC)OC(=O)CCCC=CC(C)CCCC. The van der Waals surface area contributed by atoms with E-state index in [4.69, 9.17) is 42.2 Å². The van der Waals surface area contributed by atoms with Crippen LogP contribution in [-0.4, -0.2) is 166 Å². The summed E-state index contributed by atoms with van der Waals surface area (Å²) < 4.78 is 79.7. The first-order valence-electron chi connectivity index (χ1n) is 38.5. The molecule has 26 heteroatoms. The average molecular weight is 1460 g/mol. The first-order valence-corrected chi connectivity index (χ1v) is 41.5. The summed E-state index contributed by atoms with van der Waals surface area (Å²) in [6.07, 6.45) is 21.5. The fourth-order valence-electron chi connectivity index (χ4n) is 12.7. The first kappa shape index (κ1) is 92.5. The van der Waals surface area contributed by atoms with Gasteiger partial charge in [0.25, 0.3) is 0 Å². The minimum absolute atomic E-state index is 0.0543. The maximum atomic E-state index is 14.3. The van der Waals surface area contributed by atoms with Crippen molar-refractivity contribution in [1.29, 1.82) is 0 Å². The number of methoxy groups -OCH3 is 1. The summed E-state index contributed by atoms with van der Waals surface area (Å²) in [5.74, 6) is -2.43. The number of hydrogen-bond acceptors (Lipinski definition) is 18. The number of carbonyl (C=O) groups is 5. The molecule has 8 N–H and O–H groups in total. The summed E-state index contributed by atoms with van der Waals surface area (Å²) in [4.78, 5) is 110. The molecule has 2 fully saturated rings. The summed E-state index contributed by atoms with van der Waals surface area (Å²) >= 11 is 0. The van der Waals surface area contributed by atoms with Gasteiger partial charge in [-0.15, -0.1) is 0 Å². The molecule has 0 bridgehead atoms. The number of aliphatic hydroxyl groups is 2. The summed E-state index contributed by atoms with van der Waals surface area (Å²) in [7, 11) is -9.65. The van der Waals surface area contributed by atoms with Crippen molar-refractivity contribution in [3.63, 3.8) is 0 Å². The van der Waals surface area contributed by atoms with Gasteiger partial charge in [-0.1, -0.05) is 227 Å². The summed E-state index contributed by atoms with van der Waals surface area (Å²) in [5, 5.41) is 28.7. The number of allylic oxidation sites excluding steroid dienone is 2. The molecule has 0 aromatic carbocycles. The Morgan fingerprint density at radius 1 is 0.485 bits per heavy atom. The van der Waals surface area contributed by atoms with Crippen molar-refractivity contribution >= 4 is 45.0 Å². The third kappa shape index (κ3) is 45.4. The average Bonchev–Trinajstić information content (AvgIpc) is 0.786. The molecule has 0 aromatic rings. The van der Waals surface area contributed by atoms with Gasteiger partial charge in [0.1, 0.15) is 66.4 Å². The molecule has 0 radical (unpaired) electrons. The van der Waals surface area contributed by atoms with Gasteiger partial charge < -0.3 is 73.6 Å². The number of rotatable bonds is 64. The molecule has 0 aromatic heterocycles. The highest BCUT2D eigenvalue weighted by atomic mass is 31.2. The van der Waals surface area contributed by atoms with Crippen LogP contribution in [0.15, 0.2) is 12.2 Å². The highest BCUT2D eigenvalue weighted by molar-refractivity contribution is 7.46. The fourth-order valence-corrected chi connectivity index (χ4v) is 13.7. The second kappa shape index (κ2) is 56.7. The number of aliphatic hydroxyl groups excluding tert-OH is 2. The maximum absolute atomic E-state index is 14.3. The van der Waals surface area contributed by atoms with E-state index >= 15 is 0 Å². The Morgan fingerprint density at radius 2 is 0.939 bits per heavy atom. The molecule has 0 aliphatic carbocycles. The largest absolute Gasteiger partial charge is 0.472 e. The predicted molar refractivity (Wildman–Crippen MR) is 381 cm³/mol. The molecule has 2 rings (SSSR count). The number of Topliss-reactive ketones (excluding diaryl/α,β-unsaturated/α-hetero) is 2. The molecule has 580 valence electrons.